The van der Waals surface area contributed by atoms with Gasteiger partial charge in [0.2, 0.25) is 0 Å². The summed E-state index contributed by atoms with van der Waals surface area (Å²) in [5, 5.41) is 0. The fourth-order valence-electron chi connectivity index (χ4n) is 0.634. The Kier molecular flexibility index (Phi) is 3.09. The smallest absolute Gasteiger partial charge is 0.183 e. The van der Waals surface area contributed by atoms with Crippen molar-refractivity contribution in [2.24, 2.45) is 5.73 Å². The van der Waals surface area contributed by atoms with E-state index in [9.17, 15) is 4.39 Å². The van der Waals surface area contributed by atoms with Crippen molar-refractivity contribution in [2.45, 2.75) is 6.17 Å². The highest BCUT2D eigenvalue weighted by Crippen LogP contribution is 2.30. The topological polar surface area (TPSA) is 39.2 Å². The minimum absolute atomic E-state index is 0.0631. The average Bonchev–Trinajstić information content (AvgIpc) is 2.31. The summed E-state index contributed by atoms with van der Waals surface area (Å²) in [5.41, 5.74) is 5.10. The molecule has 0 aliphatic heterocycles. The Hall–Kier alpha value is 0.130. The second-order valence-corrected chi connectivity index (χ2v) is 3.55. The maximum Gasteiger partial charge on any atom is 0.183 e. The molecule has 1 heterocycles. The lowest BCUT2D eigenvalue weighted by atomic mass is 10.3. The van der Waals surface area contributed by atoms with Gasteiger partial charge < -0.3 is 10.2 Å². The minimum atomic E-state index is -1.22. The van der Waals surface area contributed by atoms with Crippen molar-refractivity contribution in [2.75, 3.05) is 6.54 Å². The van der Waals surface area contributed by atoms with Gasteiger partial charge in [-0.2, -0.15) is 0 Å². The van der Waals surface area contributed by atoms with Crippen LogP contribution in [0, 0.1) is 0 Å². The monoisotopic (exact) mass is 285 g/mol. The molecular weight excluding hydrogens is 281 g/mol. The van der Waals surface area contributed by atoms with E-state index in [0.717, 1.165) is 0 Å². The van der Waals surface area contributed by atoms with Gasteiger partial charge in [-0.15, -0.1) is 0 Å². The molecule has 1 unspecified atom stereocenters. The van der Waals surface area contributed by atoms with Crippen LogP contribution in [-0.2, 0) is 0 Å². The van der Waals surface area contributed by atoms with Crippen LogP contribution in [0.4, 0.5) is 4.39 Å². The zero-order chi connectivity index (χ0) is 8.43. The van der Waals surface area contributed by atoms with Crippen molar-refractivity contribution < 1.29 is 8.81 Å². The summed E-state index contributed by atoms with van der Waals surface area (Å²) in [6.07, 6.45) is -1.22. The molecule has 62 valence electrons. The van der Waals surface area contributed by atoms with E-state index in [0.29, 0.717) is 9.14 Å². The van der Waals surface area contributed by atoms with Crippen LogP contribution in [0.25, 0.3) is 0 Å². The van der Waals surface area contributed by atoms with Crippen LogP contribution >= 0.6 is 31.9 Å². The Morgan fingerprint density at radius 2 is 2.27 bits per heavy atom. The molecule has 1 rings (SSSR count). The van der Waals surface area contributed by atoms with Crippen LogP contribution in [-0.4, -0.2) is 6.54 Å². The van der Waals surface area contributed by atoms with Gasteiger partial charge in [0.1, 0.15) is 5.76 Å². The summed E-state index contributed by atoms with van der Waals surface area (Å²) in [6, 6.07) is 1.56. The molecular formula is C6H6Br2FNO. The molecule has 0 amide bonds. The van der Waals surface area contributed by atoms with Gasteiger partial charge in [0.05, 0.1) is 4.47 Å². The molecule has 0 radical (unpaired) electrons. The number of rotatable bonds is 2. The standard InChI is InChI=1S/C6H6Br2FNO/c7-3-1-5(4(9)2-10)11-6(3)8/h1,4H,2,10H2. The molecule has 0 saturated heterocycles. The highest BCUT2D eigenvalue weighted by atomic mass is 79.9. The van der Waals surface area contributed by atoms with Gasteiger partial charge in [-0.1, -0.05) is 0 Å². The molecule has 1 aromatic heterocycles. The quantitative estimate of drug-likeness (QED) is 0.908. The van der Waals surface area contributed by atoms with Crippen LogP contribution in [0.2, 0.25) is 0 Å². The lowest BCUT2D eigenvalue weighted by Crippen LogP contribution is -2.06. The van der Waals surface area contributed by atoms with Crippen molar-refractivity contribution in [3.05, 3.63) is 21.0 Å². The Bertz CT molecular complexity index is 231. The Morgan fingerprint density at radius 1 is 1.64 bits per heavy atom. The van der Waals surface area contributed by atoms with Gasteiger partial charge in [0.25, 0.3) is 0 Å². The van der Waals surface area contributed by atoms with E-state index < -0.39 is 6.17 Å². The Balaban J connectivity index is 2.88. The molecule has 0 aromatic carbocycles. The molecule has 0 bridgehead atoms. The number of hydrogen-bond donors (Lipinski definition) is 1. The lowest BCUT2D eigenvalue weighted by molar-refractivity contribution is 0.290. The third-order valence-electron chi connectivity index (χ3n) is 1.18. The van der Waals surface area contributed by atoms with Gasteiger partial charge in [-0.05, 0) is 37.9 Å². The van der Waals surface area contributed by atoms with Crippen molar-refractivity contribution in [3.8, 4) is 0 Å². The van der Waals surface area contributed by atoms with Crippen LogP contribution < -0.4 is 5.73 Å². The number of halogens is 3. The van der Waals surface area contributed by atoms with Crippen LogP contribution in [0.15, 0.2) is 19.6 Å². The fourth-order valence-corrected chi connectivity index (χ4v) is 1.24. The molecule has 5 heteroatoms. The van der Waals surface area contributed by atoms with Crippen LogP contribution in [0.3, 0.4) is 0 Å². The molecule has 0 aliphatic rings. The number of nitrogens with two attached hydrogens (primary N) is 1. The zero-order valence-electron chi connectivity index (χ0n) is 5.48. The molecule has 0 fully saturated rings. The average molecular weight is 287 g/mol. The summed E-state index contributed by atoms with van der Waals surface area (Å²) < 4.78 is 19.0. The minimum Gasteiger partial charge on any atom is -0.450 e. The molecule has 11 heavy (non-hydrogen) atoms. The first-order chi connectivity index (χ1) is 5.15. The van der Waals surface area contributed by atoms with Gasteiger partial charge in [0.15, 0.2) is 10.8 Å². The SMILES string of the molecule is NCC(F)c1cc(Br)c(Br)o1. The zero-order valence-corrected chi connectivity index (χ0v) is 8.65. The van der Waals surface area contributed by atoms with E-state index in [1.165, 1.54) is 0 Å². The highest BCUT2D eigenvalue weighted by Gasteiger charge is 2.14. The van der Waals surface area contributed by atoms with E-state index in [1.54, 1.807) is 6.07 Å². The molecule has 2 N–H and O–H groups in total. The van der Waals surface area contributed by atoms with Crippen LogP contribution in [0.5, 0.6) is 0 Å². The molecule has 0 spiro atoms. The van der Waals surface area contributed by atoms with Gasteiger partial charge >= 0.3 is 0 Å². The number of furan rings is 1. The third-order valence-corrected chi connectivity index (χ3v) is 2.89. The van der Waals surface area contributed by atoms with Crippen molar-refractivity contribution in [3.63, 3.8) is 0 Å². The summed E-state index contributed by atoms with van der Waals surface area (Å²) in [5.74, 6) is 0.242. The first-order valence-electron chi connectivity index (χ1n) is 2.94. The second kappa shape index (κ2) is 3.69. The predicted octanol–water partition coefficient (Wildman–Crippen LogP) is 2.77. The maximum atomic E-state index is 12.8. The van der Waals surface area contributed by atoms with Crippen molar-refractivity contribution in [1.29, 1.82) is 0 Å². The summed E-state index contributed by atoms with van der Waals surface area (Å²) in [7, 11) is 0. The highest BCUT2D eigenvalue weighted by molar-refractivity contribution is 9.13. The molecule has 2 nitrogen and oxygen atoms in total. The molecule has 0 aliphatic carbocycles. The maximum absolute atomic E-state index is 12.8. The van der Waals surface area contributed by atoms with Gasteiger partial charge in [-0.3, -0.25) is 0 Å². The number of hydrogen-bond acceptors (Lipinski definition) is 2. The summed E-state index contributed by atoms with van der Waals surface area (Å²) in [6.45, 7) is -0.0631. The van der Waals surface area contributed by atoms with E-state index >= 15 is 0 Å². The first kappa shape index (κ1) is 9.22. The summed E-state index contributed by atoms with van der Waals surface area (Å²) >= 11 is 6.26. The van der Waals surface area contributed by atoms with Crippen molar-refractivity contribution >= 4 is 31.9 Å². The van der Waals surface area contributed by atoms with Gasteiger partial charge in [-0.25, -0.2) is 4.39 Å². The normalized spacial score (nSPS) is 13.5. The molecule has 1 atom stereocenters. The Labute approximate surface area is 80.2 Å². The molecule has 0 saturated carbocycles. The Morgan fingerprint density at radius 3 is 2.64 bits per heavy atom. The van der Waals surface area contributed by atoms with E-state index in [4.69, 9.17) is 10.2 Å². The van der Waals surface area contributed by atoms with Gasteiger partial charge in [0, 0.05) is 6.54 Å². The van der Waals surface area contributed by atoms with Crippen LogP contribution in [0.1, 0.15) is 11.9 Å². The third kappa shape index (κ3) is 2.04. The number of alkyl halides is 1. The predicted molar refractivity (Wildman–Crippen MR) is 47.0 cm³/mol. The van der Waals surface area contributed by atoms with E-state index in [2.05, 4.69) is 31.9 Å². The first-order valence-corrected chi connectivity index (χ1v) is 4.52. The fraction of sp³-hybridized carbons (Fsp3) is 0.333. The second-order valence-electron chi connectivity index (χ2n) is 1.97. The largest absolute Gasteiger partial charge is 0.450 e. The van der Waals surface area contributed by atoms with E-state index in [-0.39, 0.29) is 12.3 Å². The lowest BCUT2D eigenvalue weighted by Gasteiger charge is -1.97. The van der Waals surface area contributed by atoms with E-state index in [1.807, 2.05) is 0 Å². The van der Waals surface area contributed by atoms with Crippen molar-refractivity contribution in [1.82, 2.24) is 0 Å². The summed E-state index contributed by atoms with van der Waals surface area (Å²) in [4.78, 5) is 0. The molecule has 1 aromatic rings.